The van der Waals surface area contributed by atoms with Gasteiger partial charge in [-0.2, -0.15) is 0 Å². The van der Waals surface area contributed by atoms with E-state index >= 15 is 0 Å². The second-order valence-electron chi connectivity index (χ2n) is 5.32. The molecular formula is C13H17N3O2S. The molecule has 0 aliphatic carbocycles. The average Bonchev–Trinajstić information content (AvgIpc) is 2.91. The van der Waals surface area contributed by atoms with Gasteiger partial charge < -0.3 is 10.3 Å². The largest absolute Gasteiger partial charge is 0.342 e. The zero-order valence-electron chi connectivity index (χ0n) is 11.0. The monoisotopic (exact) mass is 279 g/mol. The summed E-state index contributed by atoms with van der Waals surface area (Å²) in [6.45, 7) is 4.11. The molecule has 2 N–H and O–H groups in total. The number of benzene rings is 1. The van der Waals surface area contributed by atoms with Gasteiger partial charge in [0.15, 0.2) is 9.84 Å². The Morgan fingerprint density at radius 3 is 2.74 bits per heavy atom. The van der Waals surface area contributed by atoms with E-state index in [0.29, 0.717) is 16.7 Å². The predicted octanol–water partition coefficient (Wildman–Crippen LogP) is 1.29. The highest BCUT2D eigenvalue weighted by atomic mass is 32.2. The lowest BCUT2D eigenvalue weighted by Gasteiger charge is -2.09. The lowest BCUT2D eigenvalue weighted by Crippen LogP contribution is -2.09. The Kier molecular flexibility index (Phi) is 2.87. The van der Waals surface area contributed by atoms with Crippen LogP contribution >= 0.6 is 0 Å². The molecule has 1 aromatic carbocycles. The maximum Gasteiger partial charge on any atom is 0.175 e. The normalized spacial score (nSPS) is 24.1. The van der Waals surface area contributed by atoms with Gasteiger partial charge in [-0.3, -0.25) is 0 Å². The molecule has 1 aliphatic heterocycles. The van der Waals surface area contributed by atoms with Gasteiger partial charge in [0.1, 0.15) is 5.82 Å². The van der Waals surface area contributed by atoms with Crippen LogP contribution in [0, 0.1) is 5.92 Å². The van der Waals surface area contributed by atoms with E-state index in [2.05, 4.69) is 22.2 Å². The first-order valence-corrected chi connectivity index (χ1v) is 8.25. The number of imidazole rings is 1. The molecule has 1 saturated heterocycles. The van der Waals surface area contributed by atoms with E-state index in [1.165, 1.54) is 6.26 Å². The number of aromatic nitrogens is 2. The molecule has 2 atom stereocenters. The van der Waals surface area contributed by atoms with Crippen LogP contribution in [0.5, 0.6) is 0 Å². The van der Waals surface area contributed by atoms with Crippen molar-refractivity contribution >= 4 is 20.9 Å². The highest BCUT2D eigenvalue weighted by Crippen LogP contribution is 2.27. The van der Waals surface area contributed by atoms with E-state index in [1.807, 2.05) is 0 Å². The molecule has 19 heavy (non-hydrogen) atoms. The molecule has 3 rings (SSSR count). The first-order valence-electron chi connectivity index (χ1n) is 6.35. The van der Waals surface area contributed by atoms with E-state index in [1.54, 1.807) is 18.2 Å². The third-order valence-corrected chi connectivity index (χ3v) is 4.88. The SMILES string of the molecule is C[C@@H]1CNC[C@H]1c1nc2ccc(S(C)(=O)=O)cc2[nH]1. The summed E-state index contributed by atoms with van der Waals surface area (Å²) in [4.78, 5) is 8.17. The fraction of sp³-hybridized carbons (Fsp3) is 0.462. The minimum absolute atomic E-state index is 0.327. The lowest BCUT2D eigenvalue weighted by atomic mass is 9.98. The number of hydrogen-bond acceptors (Lipinski definition) is 4. The average molecular weight is 279 g/mol. The van der Waals surface area contributed by atoms with Crippen molar-refractivity contribution in [1.82, 2.24) is 15.3 Å². The standard InChI is InChI=1S/C13H17N3O2S/c1-8-6-14-7-10(8)13-15-11-4-3-9(19(2,17)18)5-12(11)16-13/h3-5,8,10,14H,6-7H2,1-2H3,(H,15,16)/t8-,10-/m1/s1. The third-order valence-electron chi connectivity index (χ3n) is 3.77. The summed E-state index contributed by atoms with van der Waals surface area (Å²) < 4.78 is 23.1. The van der Waals surface area contributed by atoms with E-state index in [0.717, 1.165) is 29.9 Å². The zero-order valence-corrected chi connectivity index (χ0v) is 11.8. The van der Waals surface area contributed by atoms with Crippen molar-refractivity contribution in [1.29, 1.82) is 0 Å². The summed E-state index contributed by atoms with van der Waals surface area (Å²) in [6.07, 6.45) is 1.22. The van der Waals surface area contributed by atoms with Crippen LogP contribution in [0.3, 0.4) is 0 Å². The minimum Gasteiger partial charge on any atom is -0.342 e. The number of fused-ring (bicyclic) bond motifs is 1. The molecule has 2 heterocycles. The van der Waals surface area contributed by atoms with Gasteiger partial charge >= 0.3 is 0 Å². The molecule has 5 nitrogen and oxygen atoms in total. The Morgan fingerprint density at radius 2 is 2.11 bits per heavy atom. The van der Waals surface area contributed by atoms with Crippen LogP contribution in [-0.2, 0) is 9.84 Å². The van der Waals surface area contributed by atoms with Gasteiger partial charge in [-0.15, -0.1) is 0 Å². The summed E-state index contributed by atoms with van der Waals surface area (Å²) in [7, 11) is -3.17. The summed E-state index contributed by atoms with van der Waals surface area (Å²) in [5, 5.41) is 3.34. The van der Waals surface area contributed by atoms with E-state index in [-0.39, 0.29) is 0 Å². The Bertz CT molecular complexity index is 721. The van der Waals surface area contributed by atoms with Gasteiger partial charge in [0.05, 0.1) is 15.9 Å². The van der Waals surface area contributed by atoms with Crippen LogP contribution < -0.4 is 5.32 Å². The Labute approximate surface area is 112 Å². The van der Waals surface area contributed by atoms with E-state index in [4.69, 9.17) is 0 Å². The Morgan fingerprint density at radius 1 is 1.32 bits per heavy atom. The van der Waals surface area contributed by atoms with Gasteiger partial charge in [-0.25, -0.2) is 13.4 Å². The van der Waals surface area contributed by atoms with Crippen LogP contribution in [0.25, 0.3) is 11.0 Å². The summed E-state index contributed by atoms with van der Waals surface area (Å²) >= 11 is 0. The highest BCUT2D eigenvalue weighted by Gasteiger charge is 2.27. The van der Waals surface area contributed by atoms with Crippen molar-refractivity contribution in [2.24, 2.45) is 5.92 Å². The quantitative estimate of drug-likeness (QED) is 0.868. The summed E-state index contributed by atoms with van der Waals surface area (Å²) in [5.74, 6) is 1.85. The van der Waals surface area contributed by atoms with Crippen molar-refractivity contribution in [2.45, 2.75) is 17.7 Å². The fourth-order valence-electron chi connectivity index (χ4n) is 2.59. The van der Waals surface area contributed by atoms with Gasteiger partial charge in [-0.1, -0.05) is 6.92 Å². The van der Waals surface area contributed by atoms with Crippen LogP contribution in [-0.4, -0.2) is 37.7 Å². The Balaban J connectivity index is 2.06. The van der Waals surface area contributed by atoms with E-state index in [9.17, 15) is 8.42 Å². The van der Waals surface area contributed by atoms with E-state index < -0.39 is 9.84 Å². The smallest absolute Gasteiger partial charge is 0.175 e. The fourth-order valence-corrected chi connectivity index (χ4v) is 3.24. The number of H-pyrrole nitrogens is 1. The molecule has 2 aromatic rings. The minimum atomic E-state index is -3.17. The molecule has 0 spiro atoms. The zero-order chi connectivity index (χ0) is 13.6. The topological polar surface area (TPSA) is 74.8 Å². The van der Waals surface area contributed by atoms with Gasteiger partial charge in [0.25, 0.3) is 0 Å². The molecule has 1 aliphatic rings. The third kappa shape index (κ3) is 2.26. The number of hydrogen-bond donors (Lipinski definition) is 2. The molecule has 102 valence electrons. The lowest BCUT2D eigenvalue weighted by molar-refractivity contribution is 0.551. The molecule has 0 radical (unpaired) electrons. The molecule has 1 fully saturated rings. The first kappa shape index (κ1) is 12.6. The number of nitrogens with zero attached hydrogens (tertiary/aromatic N) is 1. The molecule has 6 heteroatoms. The van der Waals surface area contributed by atoms with Crippen molar-refractivity contribution < 1.29 is 8.42 Å². The number of nitrogens with one attached hydrogen (secondary N) is 2. The second kappa shape index (κ2) is 4.31. The molecule has 0 bridgehead atoms. The van der Waals surface area contributed by atoms with Gasteiger partial charge in [-0.05, 0) is 30.7 Å². The van der Waals surface area contributed by atoms with Crippen molar-refractivity contribution in [3.63, 3.8) is 0 Å². The van der Waals surface area contributed by atoms with Crippen molar-refractivity contribution in [2.75, 3.05) is 19.3 Å². The Hall–Kier alpha value is -1.40. The summed E-state index contributed by atoms with van der Waals surface area (Å²) in [5.41, 5.74) is 1.61. The van der Waals surface area contributed by atoms with Crippen LogP contribution in [0.4, 0.5) is 0 Å². The van der Waals surface area contributed by atoms with Gasteiger partial charge in [0.2, 0.25) is 0 Å². The maximum absolute atomic E-state index is 11.5. The maximum atomic E-state index is 11.5. The molecule has 0 amide bonds. The first-order chi connectivity index (χ1) is 8.95. The second-order valence-corrected chi connectivity index (χ2v) is 7.33. The van der Waals surface area contributed by atoms with Crippen molar-refractivity contribution in [3.05, 3.63) is 24.0 Å². The highest BCUT2D eigenvalue weighted by molar-refractivity contribution is 7.90. The van der Waals surface area contributed by atoms with Crippen molar-refractivity contribution in [3.8, 4) is 0 Å². The molecule has 0 saturated carbocycles. The van der Waals surface area contributed by atoms with Crippen LogP contribution in [0.15, 0.2) is 23.1 Å². The summed E-state index contributed by atoms with van der Waals surface area (Å²) in [6, 6.07) is 5.03. The number of aromatic amines is 1. The number of rotatable bonds is 2. The molecule has 0 unspecified atom stereocenters. The predicted molar refractivity (Wildman–Crippen MR) is 74.0 cm³/mol. The molecule has 1 aromatic heterocycles. The van der Waals surface area contributed by atoms with Crippen LogP contribution in [0.1, 0.15) is 18.7 Å². The van der Waals surface area contributed by atoms with Gasteiger partial charge in [0, 0.05) is 18.7 Å². The number of sulfone groups is 1. The van der Waals surface area contributed by atoms with Crippen LogP contribution in [0.2, 0.25) is 0 Å². The molecular weight excluding hydrogens is 262 g/mol.